The highest BCUT2D eigenvalue weighted by Gasteiger charge is 2.14. The smallest absolute Gasteiger partial charge is 0.123 e. The highest BCUT2D eigenvalue weighted by atomic mass is 32.1. The number of nitriles is 1. The fourth-order valence-corrected chi connectivity index (χ4v) is 3.23. The van der Waals surface area contributed by atoms with Gasteiger partial charge in [-0.1, -0.05) is 6.07 Å². The molecule has 0 fully saturated rings. The normalized spacial score (nSPS) is 10.7. The summed E-state index contributed by atoms with van der Waals surface area (Å²) < 4.78 is 13.3. The Labute approximate surface area is 141 Å². The van der Waals surface area contributed by atoms with Gasteiger partial charge >= 0.3 is 0 Å². The second-order valence-corrected chi connectivity index (χ2v) is 6.17. The number of benzene rings is 2. The molecular weight excluding hydrogens is 321 g/mol. The topological polar surface area (TPSA) is 49.6 Å². The molecule has 3 nitrogen and oxygen atoms in total. The molecule has 5 heteroatoms. The summed E-state index contributed by atoms with van der Waals surface area (Å²) in [5, 5.41) is 11.1. The lowest BCUT2D eigenvalue weighted by atomic mass is 10.1. The molecule has 0 unspecified atom stereocenters. The first-order chi connectivity index (χ1) is 11.7. The fourth-order valence-electron chi connectivity index (χ4n) is 2.52. The molecule has 0 aliphatic carbocycles. The third-order valence-corrected chi connectivity index (χ3v) is 4.54. The summed E-state index contributed by atoms with van der Waals surface area (Å²) in [7, 11) is 0. The molecular formula is C19H10FN3S. The number of aromatic nitrogens is 2. The SMILES string of the molecule is N#Cc1ccc2nc(-c3cccs3)c(-c3ccc(F)cc3)nc2c1. The van der Waals surface area contributed by atoms with Gasteiger partial charge in [0.05, 0.1) is 33.2 Å². The third-order valence-electron chi connectivity index (χ3n) is 3.67. The predicted octanol–water partition coefficient (Wildman–Crippen LogP) is 5.04. The van der Waals surface area contributed by atoms with Crippen LogP contribution < -0.4 is 0 Å². The van der Waals surface area contributed by atoms with Crippen LogP contribution in [0.1, 0.15) is 5.56 Å². The molecule has 0 atom stereocenters. The van der Waals surface area contributed by atoms with E-state index in [1.54, 1.807) is 41.7 Å². The van der Waals surface area contributed by atoms with E-state index in [1.807, 2.05) is 17.5 Å². The summed E-state index contributed by atoms with van der Waals surface area (Å²) in [6.45, 7) is 0. The van der Waals surface area contributed by atoms with Crippen LogP contribution in [-0.2, 0) is 0 Å². The lowest BCUT2D eigenvalue weighted by molar-refractivity contribution is 0.628. The predicted molar refractivity (Wildman–Crippen MR) is 93.0 cm³/mol. The Bertz CT molecular complexity index is 1060. The molecule has 2 aromatic carbocycles. The molecule has 24 heavy (non-hydrogen) atoms. The van der Waals surface area contributed by atoms with Crippen LogP contribution in [0.25, 0.3) is 32.9 Å². The van der Waals surface area contributed by atoms with Crippen molar-refractivity contribution in [2.45, 2.75) is 0 Å². The molecule has 0 saturated heterocycles. The minimum atomic E-state index is -0.295. The Morgan fingerprint density at radius 3 is 2.42 bits per heavy atom. The number of thiophene rings is 1. The van der Waals surface area contributed by atoms with Crippen LogP contribution in [0.15, 0.2) is 60.0 Å². The van der Waals surface area contributed by atoms with E-state index in [0.717, 1.165) is 21.7 Å². The molecule has 0 bridgehead atoms. The zero-order valence-electron chi connectivity index (χ0n) is 12.4. The minimum absolute atomic E-state index is 0.295. The van der Waals surface area contributed by atoms with Gasteiger partial charge in [-0.3, -0.25) is 0 Å². The fraction of sp³-hybridized carbons (Fsp3) is 0. The summed E-state index contributed by atoms with van der Waals surface area (Å²) in [4.78, 5) is 10.4. The van der Waals surface area contributed by atoms with E-state index in [4.69, 9.17) is 15.2 Å². The largest absolute Gasteiger partial charge is 0.244 e. The van der Waals surface area contributed by atoms with Crippen molar-refractivity contribution >= 4 is 22.4 Å². The molecule has 0 radical (unpaired) electrons. The summed E-state index contributed by atoms with van der Waals surface area (Å²) in [6.07, 6.45) is 0. The van der Waals surface area contributed by atoms with Crippen LogP contribution in [0, 0.1) is 17.1 Å². The van der Waals surface area contributed by atoms with Crippen LogP contribution in [0.3, 0.4) is 0 Å². The van der Waals surface area contributed by atoms with Gasteiger partial charge in [0.25, 0.3) is 0 Å². The first kappa shape index (κ1) is 14.5. The molecule has 2 heterocycles. The molecule has 0 spiro atoms. The van der Waals surface area contributed by atoms with E-state index in [-0.39, 0.29) is 5.82 Å². The van der Waals surface area contributed by atoms with Crippen LogP contribution >= 0.6 is 11.3 Å². The maximum atomic E-state index is 13.3. The maximum absolute atomic E-state index is 13.3. The molecule has 0 aliphatic rings. The van der Waals surface area contributed by atoms with Crippen molar-refractivity contribution in [2.24, 2.45) is 0 Å². The number of rotatable bonds is 2. The van der Waals surface area contributed by atoms with Crippen molar-refractivity contribution in [1.29, 1.82) is 5.26 Å². The first-order valence-electron chi connectivity index (χ1n) is 7.26. The summed E-state index contributed by atoms with van der Waals surface area (Å²) in [6, 6.07) is 17.5. The zero-order chi connectivity index (χ0) is 16.5. The number of halogens is 1. The second kappa shape index (κ2) is 5.84. The molecule has 4 aromatic rings. The van der Waals surface area contributed by atoms with Crippen molar-refractivity contribution in [3.05, 3.63) is 71.4 Å². The summed E-state index contributed by atoms with van der Waals surface area (Å²) in [5.74, 6) is -0.295. The van der Waals surface area contributed by atoms with Crippen molar-refractivity contribution in [3.8, 4) is 27.9 Å². The van der Waals surface area contributed by atoms with E-state index in [9.17, 15) is 4.39 Å². The van der Waals surface area contributed by atoms with E-state index in [2.05, 4.69) is 6.07 Å². The molecule has 2 aromatic heterocycles. The number of nitrogens with zero attached hydrogens (tertiary/aromatic N) is 3. The molecule has 0 amide bonds. The van der Waals surface area contributed by atoms with Crippen molar-refractivity contribution in [3.63, 3.8) is 0 Å². The Hall–Kier alpha value is -3.10. The van der Waals surface area contributed by atoms with Gasteiger partial charge in [0.15, 0.2) is 0 Å². The zero-order valence-corrected chi connectivity index (χ0v) is 13.2. The van der Waals surface area contributed by atoms with Crippen LogP contribution in [-0.4, -0.2) is 9.97 Å². The lowest BCUT2D eigenvalue weighted by Crippen LogP contribution is -1.95. The monoisotopic (exact) mass is 331 g/mol. The third kappa shape index (κ3) is 2.53. The molecule has 114 valence electrons. The van der Waals surface area contributed by atoms with Gasteiger partial charge in [-0.25, -0.2) is 14.4 Å². The van der Waals surface area contributed by atoms with Crippen molar-refractivity contribution in [1.82, 2.24) is 9.97 Å². The molecule has 4 rings (SSSR count). The van der Waals surface area contributed by atoms with Crippen LogP contribution in [0.4, 0.5) is 4.39 Å². The highest BCUT2D eigenvalue weighted by Crippen LogP contribution is 2.33. The maximum Gasteiger partial charge on any atom is 0.123 e. The molecule has 0 N–H and O–H groups in total. The highest BCUT2D eigenvalue weighted by molar-refractivity contribution is 7.13. The minimum Gasteiger partial charge on any atom is -0.244 e. The van der Waals surface area contributed by atoms with Crippen LogP contribution in [0.2, 0.25) is 0 Å². The quantitative estimate of drug-likeness (QED) is 0.517. The van der Waals surface area contributed by atoms with Gasteiger partial charge in [0.2, 0.25) is 0 Å². The number of fused-ring (bicyclic) bond motifs is 1. The van der Waals surface area contributed by atoms with E-state index in [1.165, 1.54) is 12.1 Å². The Balaban J connectivity index is 2.02. The van der Waals surface area contributed by atoms with E-state index < -0.39 is 0 Å². The summed E-state index contributed by atoms with van der Waals surface area (Å²) >= 11 is 1.58. The van der Waals surface area contributed by atoms with Crippen molar-refractivity contribution in [2.75, 3.05) is 0 Å². The Kier molecular flexibility index (Phi) is 3.52. The molecule has 0 aliphatic heterocycles. The second-order valence-electron chi connectivity index (χ2n) is 5.22. The summed E-state index contributed by atoms with van der Waals surface area (Å²) in [5.41, 5.74) is 4.13. The van der Waals surface area contributed by atoms with E-state index in [0.29, 0.717) is 16.8 Å². The van der Waals surface area contributed by atoms with Gasteiger partial charge in [-0.05, 0) is 53.9 Å². The first-order valence-corrected chi connectivity index (χ1v) is 8.14. The van der Waals surface area contributed by atoms with Gasteiger partial charge in [-0.2, -0.15) is 5.26 Å². The average molecular weight is 331 g/mol. The van der Waals surface area contributed by atoms with Crippen molar-refractivity contribution < 1.29 is 4.39 Å². The lowest BCUT2D eigenvalue weighted by Gasteiger charge is -2.09. The number of hydrogen-bond donors (Lipinski definition) is 0. The number of hydrogen-bond acceptors (Lipinski definition) is 4. The van der Waals surface area contributed by atoms with Gasteiger partial charge in [0, 0.05) is 5.56 Å². The average Bonchev–Trinajstić information content (AvgIpc) is 3.15. The van der Waals surface area contributed by atoms with Crippen LogP contribution in [0.5, 0.6) is 0 Å². The van der Waals surface area contributed by atoms with E-state index >= 15 is 0 Å². The van der Waals surface area contributed by atoms with Gasteiger partial charge < -0.3 is 0 Å². The van der Waals surface area contributed by atoms with Gasteiger partial charge in [0.1, 0.15) is 11.5 Å². The standard InChI is InChI=1S/C19H10FN3S/c20-14-6-4-13(5-7-14)18-19(17-2-1-9-24-17)22-15-8-3-12(11-21)10-16(15)23-18/h1-10H. The van der Waals surface area contributed by atoms with Gasteiger partial charge in [-0.15, -0.1) is 11.3 Å². The molecule has 0 saturated carbocycles. The Morgan fingerprint density at radius 2 is 1.71 bits per heavy atom. The Morgan fingerprint density at radius 1 is 0.917 bits per heavy atom.